The van der Waals surface area contributed by atoms with Crippen LogP contribution < -0.4 is 5.73 Å². The van der Waals surface area contributed by atoms with Crippen molar-refractivity contribution >= 4 is 23.3 Å². The minimum atomic E-state index is -0.444. The number of Topliss-reactive ketones (excluding diaryl/α,β-unsaturated/α-hetero) is 1. The average Bonchev–Trinajstić information content (AvgIpc) is 2.93. The fraction of sp³-hybridized carbons (Fsp3) is 0.667. The summed E-state index contributed by atoms with van der Waals surface area (Å²) in [7, 11) is 0. The maximum Gasteiger partial charge on any atom is 0.239 e. The van der Waals surface area contributed by atoms with Gasteiger partial charge in [-0.05, 0) is 31.6 Å². The molecule has 1 amide bonds. The predicted molar refractivity (Wildman–Crippen MR) is 84.7 cm³/mol. The van der Waals surface area contributed by atoms with Crippen LogP contribution in [0.5, 0.6) is 0 Å². The third kappa shape index (κ3) is 4.08. The monoisotopic (exact) mass is 326 g/mol. The van der Waals surface area contributed by atoms with Crippen LogP contribution in [0.25, 0.3) is 0 Å². The van der Waals surface area contributed by atoms with Crippen molar-refractivity contribution in [1.29, 1.82) is 0 Å². The predicted octanol–water partition coefficient (Wildman–Crippen LogP) is 1.86. The van der Waals surface area contributed by atoms with E-state index in [0.717, 1.165) is 25.9 Å². The molecule has 6 nitrogen and oxygen atoms in total. The molecule has 122 valence electrons. The Morgan fingerprint density at radius 2 is 2.09 bits per heavy atom. The van der Waals surface area contributed by atoms with Crippen LogP contribution in [-0.4, -0.2) is 45.9 Å². The molecule has 7 heteroatoms. The van der Waals surface area contributed by atoms with Gasteiger partial charge in [0.15, 0.2) is 5.78 Å². The van der Waals surface area contributed by atoms with E-state index < -0.39 is 6.04 Å². The second kappa shape index (κ2) is 7.24. The van der Waals surface area contributed by atoms with Gasteiger partial charge in [-0.15, -0.1) is 0 Å². The lowest BCUT2D eigenvalue weighted by Crippen LogP contribution is -2.46. The van der Waals surface area contributed by atoms with Gasteiger partial charge < -0.3 is 10.6 Å². The van der Waals surface area contributed by atoms with Crippen molar-refractivity contribution < 1.29 is 9.59 Å². The van der Waals surface area contributed by atoms with E-state index in [9.17, 15) is 9.59 Å². The zero-order valence-electron chi connectivity index (χ0n) is 13.0. The highest BCUT2D eigenvalue weighted by Gasteiger charge is 2.28. The summed E-state index contributed by atoms with van der Waals surface area (Å²) in [5, 5.41) is 6.84. The van der Waals surface area contributed by atoms with Crippen LogP contribution in [0.15, 0.2) is 6.07 Å². The Bertz CT molecular complexity index is 535. The highest BCUT2D eigenvalue weighted by molar-refractivity contribution is 6.29. The van der Waals surface area contributed by atoms with Crippen molar-refractivity contribution in [2.24, 2.45) is 17.6 Å². The molecule has 3 N–H and O–H groups in total. The molecule has 0 aliphatic carbocycles. The topological polar surface area (TPSA) is 92.1 Å². The number of nitrogens with zero attached hydrogens (tertiary/aromatic N) is 2. The van der Waals surface area contributed by atoms with Crippen LogP contribution >= 0.6 is 11.6 Å². The molecular weight excluding hydrogens is 304 g/mol. The average molecular weight is 327 g/mol. The molecule has 1 aliphatic rings. The molecule has 1 fully saturated rings. The van der Waals surface area contributed by atoms with Gasteiger partial charge in [0.1, 0.15) is 10.8 Å². The number of halogens is 1. The molecule has 2 heterocycles. The number of carbonyl (C=O) groups excluding carboxylic acids is 2. The number of nitrogens with one attached hydrogen (secondary N) is 1. The Morgan fingerprint density at radius 1 is 1.45 bits per heavy atom. The fourth-order valence-electron chi connectivity index (χ4n) is 2.98. The Morgan fingerprint density at radius 3 is 2.59 bits per heavy atom. The molecule has 0 saturated carbocycles. The van der Waals surface area contributed by atoms with Gasteiger partial charge in [-0.25, -0.2) is 0 Å². The van der Waals surface area contributed by atoms with Crippen LogP contribution in [0.3, 0.4) is 0 Å². The van der Waals surface area contributed by atoms with Crippen molar-refractivity contribution in [2.75, 3.05) is 13.1 Å². The van der Waals surface area contributed by atoms with Gasteiger partial charge in [-0.2, -0.15) is 5.10 Å². The Labute approximate surface area is 135 Å². The summed E-state index contributed by atoms with van der Waals surface area (Å²) in [6.07, 6.45) is 2.27. The number of H-pyrrole nitrogens is 1. The van der Waals surface area contributed by atoms with Crippen molar-refractivity contribution in [2.45, 2.75) is 39.2 Å². The van der Waals surface area contributed by atoms with Crippen LogP contribution in [0.1, 0.15) is 43.6 Å². The van der Waals surface area contributed by atoms with Crippen LogP contribution in [-0.2, 0) is 4.79 Å². The van der Waals surface area contributed by atoms with E-state index in [4.69, 9.17) is 17.3 Å². The van der Waals surface area contributed by atoms with E-state index in [1.54, 1.807) is 13.0 Å². The molecule has 1 saturated heterocycles. The minimum Gasteiger partial charge on any atom is -0.341 e. The van der Waals surface area contributed by atoms with Gasteiger partial charge in [0.2, 0.25) is 5.91 Å². The highest BCUT2D eigenvalue weighted by Crippen LogP contribution is 2.28. The summed E-state index contributed by atoms with van der Waals surface area (Å²) in [5.74, 6) is 0.712. The van der Waals surface area contributed by atoms with E-state index in [1.807, 2.05) is 4.90 Å². The van der Waals surface area contributed by atoms with E-state index in [0.29, 0.717) is 23.2 Å². The summed E-state index contributed by atoms with van der Waals surface area (Å²) >= 11 is 5.74. The summed E-state index contributed by atoms with van der Waals surface area (Å²) in [6, 6.07) is 1.11. The molecule has 0 spiro atoms. The number of ketones is 1. The summed E-state index contributed by atoms with van der Waals surface area (Å²) in [5.41, 5.74) is 6.03. The summed E-state index contributed by atoms with van der Waals surface area (Å²) in [4.78, 5) is 25.8. The molecule has 1 aromatic rings. The Balaban J connectivity index is 1.83. The van der Waals surface area contributed by atoms with Crippen LogP contribution in [0.4, 0.5) is 0 Å². The number of nitrogens with two attached hydrogens (primary N) is 1. The van der Waals surface area contributed by atoms with Crippen molar-refractivity contribution in [3.05, 3.63) is 16.9 Å². The second-order valence-corrected chi connectivity index (χ2v) is 6.56. The molecule has 1 unspecified atom stereocenters. The maximum atomic E-state index is 12.2. The van der Waals surface area contributed by atoms with Gasteiger partial charge >= 0.3 is 0 Å². The lowest BCUT2D eigenvalue weighted by Gasteiger charge is -2.35. The SMILES string of the molecule is CC(CC(=O)c1cc(Cl)[nH]n1)C1CCN(C(=O)[C@H](C)N)CC1. The number of carbonyl (C=O) groups is 2. The Hall–Kier alpha value is -1.40. The number of aromatic nitrogens is 2. The van der Waals surface area contributed by atoms with Crippen molar-refractivity contribution in [1.82, 2.24) is 15.1 Å². The molecular formula is C15H23ClN4O2. The van der Waals surface area contributed by atoms with Gasteiger partial charge in [0, 0.05) is 25.6 Å². The third-order valence-corrected chi connectivity index (χ3v) is 4.58. The van der Waals surface area contributed by atoms with Gasteiger partial charge in [0.05, 0.1) is 6.04 Å². The van der Waals surface area contributed by atoms with Crippen LogP contribution in [0, 0.1) is 11.8 Å². The number of amides is 1. The number of hydrogen-bond acceptors (Lipinski definition) is 4. The first-order valence-electron chi connectivity index (χ1n) is 7.67. The van der Waals surface area contributed by atoms with Gasteiger partial charge in [0.25, 0.3) is 0 Å². The number of aromatic amines is 1. The first kappa shape index (κ1) is 17.0. The number of rotatable bonds is 5. The van der Waals surface area contributed by atoms with E-state index in [2.05, 4.69) is 17.1 Å². The minimum absolute atomic E-state index is 0.00439. The maximum absolute atomic E-state index is 12.2. The quantitative estimate of drug-likeness (QED) is 0.808. The first-order valence-corrected chi connectivity index (χ1v) is 8.04. The molecule has 0 radical (unpaired) electrons. The zero-order chi connectivity index (χ0) is 16.3. The third-order valence-electron chi connectivity index (χ3n) is 4.39. The number of likely N-dealkylation sites (tertiary alicyclic amines) is 1. The molecule has 0 bridgehead atoms. The van der Waals surface area contributed by atoms with Crippen molar-refractivity contribution in [3.8, 4) is 0 Å². The zero-order valence-corrected chi connectivity index (χ0v) is 13.8. The second-order valence-electron chi connectivity index (χ2n) is 6.16. The van der Waals surface area contributed by atoms with Crippen LogP contribution in [0.2, 0.25) is 5.15 Å². The molecule has 0 aromatic carbocycles. The highest BCUT2D eigenvalue weighted by atomic mass is 35.5. The lowest BCUT2D eigenvalue weighted by molar-refractivity contribution is -0.133. The van der Waals surface area contributed by atoms with Crippen molar-refractivity contribution in [3.63, 3.8) is 0 Å². The molecule has 22 heavy (non-hydrogen) atoms. The standard InChI is InChI=1S/C15H23ClN4O2/c1-9(7-13(21)12-8-14(16)19-18-12)11-3-5-20(6-4-11)15(22)10(2)17/h8-11H,3-7,17H2,1-2H3,(H,18,19)/t9?,10-/m0/s1. The van der Waals surface area contributed by atoms with Gasteiger partial charge in [-0.3, -0.25) is 14.7 Å². The number of hydrogen-bond donors (Lipinski definition) is 2. The smallest absolute Gasteiger partial charge is 0.239 e. The largest absolute Gasteiger partial charge is 0.341 e. The first-order chi connectivity index (χ1) is 10.4. The molecule has 1 aromatic heterocycles. The molecule has 2 atom stereocenters. The lowest BCUT2D eigenvalue weighted by atomic mass is 9.82. The van der Waals surface area contributed by atoms with E-state index in [-0.39, 0.29) is 17.6 Å². The Kier molecular flexibility index (Phi) is 5.58. The summed E-state index contributed by atoms with van der Waals surface area (Å²) < 4.78 is 0. The number of piperidine rings is 1. The van der Waals surface area contributed by atoms with E-state index >= 15 is 0 Å². The fourth-order valence-corrected chi connectivity index (χ4v) is 3.13. The molecule has 1 aliphatic heterocycles. The summed E-state index contributed by atoms with van der Waals surface area (Å²) in [6.45, 7) is 5.24. The van der Waals surface area contributed by atoms with E-state index in [1.165, 1.54) is 0 Å². The normalized spacial score (nSPS) is 19.0. The molecule has 2 rings (SSSR count). The van der Waals surface area contributed by atoms with Gasteiger partial charge in [-0.1, -0.05) is 18.5 Å².